The molecule has 1 aliphatic carbocycles. The van der Waals surface area contributed by atoms with Gasteiger partial charge in [0, 0.05) is 18.6 Å². The number of halogens is 2. The lowest BCUT2D eigenvalue weighted by molar-refractivity contribution is -0.109. The lowest BCUT2D eigenvalue weighted by Crippen LogP contribution is -2.20. The molecular formula is C24H27ClFN5O3. The smallest absolute Gasteiger partial charge is 0.337 e. The quantitative estimate of drug-likeness (QED) is 0.315. The Labute approximate surface area is 202 Å². The van der Waals surface area contributed by atoms with E-state index in [2.05, 4.69) is 26.1 Å². The number of hydrazine groups is 1. The maximum Gasteiger partial charge on any atom is 0.337 e. The number of benzene rings is 1. The molecule has 1 amide bonds. The van der Waals surface area contributed by atoms with Gasteiger partial charge in [0.05, 0.1) is 16.6 Å². The van der Waals surface area contributed by atoms with Gasteiger partial charge in [-0.1, -0.05) is 37.6 Å². The lowest BCUT2D eigenvalue weighted by atomic mass is 9.96. The van der Waals surface area contributed by atoms with E-state index >= 15 is 0 Å². The number of anilines is 1. The molecule has 1 atom stereocenters. The first kappa shape index (κ1) is 26.7. The van der Waals surface area contributed by atoms with Crippen LogP contribution in [0.5, 0.6) is 0 Å². The van der Waals surface area contributed by atoms with E-state index in [1.54, 1.807) is 18.3 Å². The van der Waals surface area contributed by atoms with Crippen molar-refractivity contribution < 1.29 is 19.1 Å². The third-order valence-corrected chi connectivity index (χ3v) is 5.28. The number of fused-ring (bicyclic) bond motifs is 2. The summed E-state index contributed by atoms with van der Waals surface area (Å²) >= 11 is 5.66. The highest BCUT2D eigenvalue weighted by molar-refractivity contribution is 6.33. The van der Waals surface area contributed by atoms with Gasteiger partial charge in [0.25, 0.3) is 0 Å². The second-order valence-corrected chi connectivity index (χ2v) is 7.26. The molecule has 2 heterocycles. The molecule has 0 aliphatic heterocycles. The summed E-state index contributed by atoms with van der Waals surface area (Å²) in [6.07, 6.45) is 6.84. The molecule has 180 valence electrons. The first-order valence-electron chi connectivity index (χ1n) is 10.7. The van der Waals surface area contributed by atoms with E-state index in [-0.39, 0.29) is 28.3 Å². The standard InChI is InChI=1S/C15H15FN2.C7H6ClN3O3.C2H6/c1-17-15-12-3-2-4-14(16)11(12)6-5-10-7-8-18-9-13(10)15;8-5-1-4(7(13)14)2-9-6(5)11-10-3-12;1-2/h2-4,7-9,15,17H,5-6H2,1H3;1-3H,(H,9,11)(H,10,12)(H,13,14);1-2H3. The Morgan fingerprint density at radius 1 is 1.21 bits per heavy atom. The van der Waals surface area contributed by atoms with Gasteiger partial charge in [-0.15, -0.1) is 0 Å². The molecule has 4 N–H and O–H groups in total. The maximum absolute atomic E-state index is 13.9. The number of nitrogens with zero attached hydrogens (tertiary/aromatic N) is 2. The van der Waals surface area contributed by atoms with Gasteiger partial charge in [0.2, 0.25) is 6.41 Å². The van der Waals surface area contributed by atoms with Crippen molar-refractivity contribution >= 4 is 29.8 Å². The lowest BCUT2D eigenvalue weighted by Gasteiger charge is -2.19. The number of carboxylic acid groups (broad SMARTS) is 1. The van der Waals surface area contributed by atoms with Gasteiger partial charge in [-0.3, -0.25) is 20.6 Å². The zero-order chi connectivity index (χ0) is 25.1. The minimum Gasteiger partial charge on any atom is -0.478 e. The van der Waals surface area contributed by atoms with E-state index in [1.165, 1.54) is 11.6 Å². The molecule has 34 heavy (non-hydrogen) atoms. The third-order valence-electron chi connectivity index (χ3n) is 4.99. The minimum atomic E-state index is -1.12. The second kappa shape index (κ2) is 13.2. The van der Waals surface area contributed by atoms with Crippen molar-refractivity contribution in [3.63, 3.8) is 0 Å². The average molecular weight is 488 g/mol. The number of carbonyl (C=O) groups excluding carboxylic acids is 1. The summed E-state index contributed by atoms with van der Waals surface area (Å²) in [6, 6.07) is 8.61. The predicted molar refractivity (Wildman–Crippen MR) is 129 cm³/mol. The molecule has 0 radical (unpaired) electrons. The molecule has 0 bridgehead atoms. The van der Waals surface area contributed by atoms with Gasteiger partial charge in [0.1, 0.15) is 5.82 Å². The van der Waals surface area contributed by atoms with Crippen LogP contribution in [0.4, 0.5) is 10.2 Å². The number of rotatable bonds is 5. The molecule has 0 saturated heterocycles. The van der Waals surface area contributed by atoms with Crippen molar-refractivity contribution in [2.75, 3.05) is 12.5 Å². The summed E-state index contributed by atoms with van der Waals surface area (Å²) in [5.74, 6) is -1.04. The molecule has 1 unspecified atom stereocenters. The first-order chi connectivity index (χ1) is 16.5. The number of aryl methyl sites for hydroxylation is 1. The van der Waals surface area contributed by atoms with Crippen LogP contribution in [-0.2, 0) is 17.6 Å². The summed E-state index contributed by atoms with van der Waals surface area (Å²) in [5.41, 5.74) is 8.75. The number of carbonyl (C=O) groups is 2. The monoisotopic (exact) mass is 487 g/mol. The fourth-order valence-electron chi connectivity index (χ4n) is 3.52. The Morgan fingerprint density at radius 3 is 2.62 bits per heavy atom. The fourth-order valence-corrected chi connectivity index (χ4v) is 3.73. The van der Waals surface area contributed by atoms with Crippen LogP contribution in [0.15, 0.2) is 48.9 Å². The van der Waals surface area contributed by atoms with Crippen LogP contribution in [-0.4, -0.2) is 34.5 Å². The molecule has 4 rings (SSSR count). The normalized spacial score (nSPS) is 13.4. The second-order valence-electron chi connectivity index (χ2n) is 6.85. The molecule has 10 heteroatoms. The van der Waals surface area contributed by atoms with Crippen LogP contribution >= 0.6 is 11.6 Å². The number of nitrogens with one attached hydrogen (secondary N) is 3. The van der Waals surface area contributed by atoms with E-state index in [0.717, 1.165) is 35.7 Å². The number of hydrogen-bond donors (Lipinski definition) is 4. The zero-order valence-corrected chi connectivity index (χ0v) is 19.9. The fraction of sp³-hybridized carbons (Fsp3) is 0.250. The molecule has 2 aromatic heterocycles. The van der Waals surface area contributed by atoms with Crippen LogP contribution in [0.2, 0.25) is 5.02 Å². The van der Waals surface area contributed by atoms with Gasteiger partial charge in [-0.2, -0.15) is 0 Å². The number of aromatic nitrogens is 2. The number of pyridine rings is 2. The van der Waals surface area contributed by atoms with Crippen molar-refractivity contribution in [1.29, 1.82) is 0 Å². The van der Waals surface area contributed by atoms with Crippen molar-refractivity contribution in [2.24, 2.45) is 0 Å². The summed E-state index contributed by atoms with van der Waals surface area (Å²) in [4.78, 5) is 28.3. The van der Waals surface area contributed by atoms with E-state index < -0.39 is 5.97 Å². The highest BCUT2D eigenvalue weighted by Crippen LogP contribution is 2.32. The minimum absolute atomic E-state index is 0.0216. The van der Waals surface area contributed by atoms with Gasteiger partial charge in [0.15, 0.2) is 5.82 Å². The maximum atomic E-state index is 13.9. The molecule has 1 aromatic carbocycles. The molecule has 3 aromatic rings. The van der Waals surface area contributed by atoms with E-state index in [4.69, 9.17) is 16.7 Å². The summed E-state index contributed by atoms with van der Waals surface area (Å²) in [7, 11) is 1.90. The molecule has 0 fully saturated rings. The largest absolute Gasteiger partial charge is 0.478 e. The van der Waals surface area contributed by atoms with E-state index in [9.17, 15) is 14.0 Å². The number of carboxylic acids is 1. The topological polar surface area (TPSA) is 116 Å². The van der Waals surface area contributed by atoms with Gasteiger partial charge in [-0.05, 0) is 60.3 Å². The summed E-state index contributed by atoms with van der Waals surface area (Å²) < 4.78 is 13.9. The van der Waals surface area contributed by atoms with Crippen LogP contribution in [0.3, 0.4) is 0 Å². The van der Waals surface area contributed by atoms with Crippen molar-refractivity contribution in [2.45, 2.75) is 32.7 Å². The Bertz CT molecular complexity index is 1130. The Hall–Kier alpha value is -3.56. The highest BCUT2D eigenvalue weighted by atomic mass is 35.5. The zero-order valence-electron chi connectivity index (χ0n) is 19.1. The molecule has 0 saturated carbocycles. The molecule has 0 spiro atoms. The van der Waals surface area contributed by atoms with Crippen molar-refractivity contribution in [3.05, 3.63) is 87.6 Å². The van der Waals surface area contributed by atoms with Crippen molar-refractivity contribution in [3.8, 4) is 0 Å². The Kier molecular flexibility index (Phi) is 10.4. The number of aromatic carboxylic acids is 1. The van der Waals surface area contributed by atoms with E-state index in [0.29, 0.717) is 6.41 Å². The summed E-state index contributed by atoms with van der Waals surface area (Å²) in [6.45, 7) is 4.00. The van der Waals surface area contributed by atoms with Gasteiger partial charge < -0.3 is 10.4 Å². The summed E-state index contributed by atoms with van der Waals surface area (Å²) in [5, 5.41) is 12.0. The van der Waals surface area contributed by atoms with Crippen LogP contribution in [0.1, 0.15) is 52.5 Å². The van der Waals surface area contributed by atoms with Crippen LogP contribution in [0, 0.1) is 5.82 Å². The molecular weight excluding hydrogens is 461 g/mol. The highest BCUT2D eigenvalue weighted by Gasteiger charge is 2.24. The SMILES string of the molecule is CC.CNC1c2cnccc2CCc2c(F)cccc21.O=CNNc1ncc(C(=O)O)cc1Cl. The van der Waals surface area contributed by atoms with Gasteiger partial charge >= 0.3 is 5.97 Å². The third kappa shape index (κ3) is 6.49. The van der Waals surface area contributed by atoms with Crippen LogP contribution < -0.4 is 16.2 Å². The van der Waals surface area contributed by atoms with Crippen LogP contribution in [0.25, 0.3) is 0 Å². The molecule has 1 aliphatic rings. The number of amides is 1. The first-order valence-corrected chi connectivity index (χ1v) is 11.1. The van der Waals surface area contributed by atoms with Crippen molar-refractivity contribution in [1.82, 2.24) is 20.7 Å². The number of hydrogen-bond acceptors (Lipinski definition) is 6. The predicted octanol–water partition coefficient (Wildman–Crippen LogP) is 4.16. The Balaban J connectivity index is 0.000000231. The average Bonchev–Trinajstić information content (AvgIpc) is 3.02. The van der Waals surface area contributed by atoms with Gasteiger partial charge in [-0.25, -0.2) is 14.2 Å². The van der Waals surface area contributed by atoms with E-state index in [1.807, 2.05) is 39.2 Å². The Morgan fingerprint density at radius 2 is 1.97 bits per heavy atom. The molecule has 8 nitrogen and oxygen atoms in total.